The highest BCUT2D eigenvalue weighted by Crippen LogP contribution is 2.20. The largest absolute Gasteiger partial charge is 0.465 e. The van der Waals surface area contributed by atoms with Crippen LogP contribution in [0.4, 0.5) is 4.39 Å². The quantitative estimate of drug-likeness (QED) is 0.350. The van der Waals surface area contributed by atoms with Crippen molar-refractivity contribution in [3.63, 3.8) is 0 Å². The van der Waals surface area contributed by atoms with Crippen LogP contribution in [-0.4, -0.2) is 31.3 Å². The monoisotopic (exact) mass is 184 g/mol. The highest BCUT2D eigenvalue weighted by molar-refractivity contribution is 6.43. The zero-order valence-electron chi connectivity index (χ0n) is 5.89. The molecule has 0 aromatic carbocycles. The van der Waals surface area contributed by atoms with Crippen molar-refractivity contribution in [3.8, 4) is 0 Å². The number of carbonyl (C=O) groups excluding carboxylic acids is 2. The summed E-state index contributed by atoms with van der Waals surface area (Å²) in [6.07, 6.45) is 0. The number of hydrogen-bond acceptors (Lipinski definition) is 4. The number of esters is 2. The van der Waals surface area contributed by atoms with Crippen molar-refractivity contribution in [1.82, 2.24) is 0 Å². The molecule has 0 heterocycles. The van der Waals surface area contributed by atoms with Crippen molar-refractivity contribution >= 4 is 23.5 Å². The molecule has 0 aromatic heterocycles. The van der Waals surface area contributed by atoms with Gasteiger partial charge in [-0.2, -0.15) is 0 Å². The lowest BCUT2D eigenvalue weighted by atomic mass is 10.4. The molecular formula is C5H6ClFO4. The van der Waals surface area contributed by atoms with Gasteiger partial charge in [-0.3, -0.25) is 0 Å². The number of carbonyl (C=O) groups is 2. The molecule has 0 N–H and O–H groups in total. The Hall–Kier alpha value is -0.840. The molecule has 0 bridgehead atoms. The first-order valence-corrected chi connectivity index (χ1v) is 2.89. The lowest BCUT2D eigenvalue weighted by molar-refractivity contribution is -0.163. The number of rotatable bonds is 2. The smallest absolute Gasteiger partial charge is 0.375 e. The maximum Gasteiger partial charge on any atom is 0.375 e. The van der Waals surface area contributed by atoms with Crippen molar-refractivity contribution in [2.24, 2.45) is 0 Å². The van der Waals surface area contributed by atoms with Crippen molar-refractivity contribution < 1.29 is 23.5 Å². The standard InChI is InChI=1S/C5H6ClFO4/c1-10-3(8)5(6,7)4(9)11-2/h1-2H3. The third kappa shape index (κ3) is 2.04. The zero-order chi connectivity index (χ0) is 9.07. The summed E-state index contributed by atoms with van der Waals surface area (Å²) < 4.78 is 20.5. The van der Waals surface area contributed by atoms with E-state index in [1.807, 2.05) is 0 Å². The first-order valence-electron chi connectivity index (χ1n) is 2.51. The minimum Gasteiger partial charge on any atom is -0.465 e. The predicted octanol–water partition coefficient (Wildman–Crippen LogP) is 0.237. The Labute approximate surface area is 67.2 Å². The first kappa shape index (κ1) is 10.2. The molecule has 0 amide bonds. The second-order valence-corrected chi connectivity index (χ2v) is 2.08. The maximum absolute atomic E-state index is 12.7. The maximum atomic E-state index is 12.7. The molecule has 0 aliphatic carbocycles. The van der Waals surface area contributed by atoms with Crippen LogP contribution in [0.3, 0.4) is 0 Å². The average Bonchev–Trinajstić information content (AvgIpc) is 2.01. The SMILES string of the molecule is COC(=O)C(F)(Cl)C(=O)OC. The number of ether oxygens (including phenoxy) is 2. The van der Waals surface area contributed by atoms with Crippen LogP contribution in [-0.2, 0) is 19.1 Å². The van der Waals surface area contributed by atoms with Crippen LogP contribution in [0.15, 0.2) is 0 Å². The molecule has 0 saturated heterocycles. The van der Waals surface area contributed by atoms with Gasteiger partial charge in [0, 0.05) is 0 Å². The molecular weight excluding hydrogens is 179 g/mol. The number of halogens is 2. The van der Waals surface area contributed by atoms with E-state index in [2.05, 4.69) is 9.47 Å². The molecule has 0 rings (SSSR count). The molecule has 0 aromatic rings. The first-order chi connectivity index (χ1) is 4.96. The Kier molecular flexibility index (Phi) is 3.25. The highest BCUT2D eigenvalue weighted by Gasteiger charge is 2.47. The van der Waals surface area contributed by atoms with Crippen LogP contribution in [0.25, 0.3) is 0 Å². The molecule has 11 heavy (non-hydrogen) atoms. The van der Waals surface area contributed by atoms with Gasteiger partial charge in [-0.15, -0.1) is 0 Å². The molecule has 0 fully saturated rings. The van der Waals surface area contributed by atoms with E-state index in [-0.39, 0.29) is 0 Å². The van der Waals surface area contributed by atoms with E-state index in [1.54, 1.807) is 0 Å². The fraction of sp³-hybridized carbons (Fsp3) is 0.600. The van der Waals surface area contributed by atoms with Gasteiger partial charge in [0.05, 0.1) is 14.2 Å². The van der Waals surface area contributed by atoms with Gasteiger partial charge >= 0.3 is 17.1 Å². The van der Waals surface area contributed by atoms with Gasteiger partial charge in [0.25, 0.3) is 0 Å². The van der Waals surface area contributed by atoms with Crippen molar-refractivity contribution in [3.05, 3.63) is 0 Å². The van der Waals surface area contributed by atoms with Crippen LogP contribution < -0.4 is 0 Å². The van der Waals surface area contributed by atoms with Crippen LogP contribution in [0.1, 0.15) is 0 Å². The highest BCUT2D eigenvalue weighted by atomic mass is 35.5. The van der Waals surface area contributed by atoms with E-state index in [1.165, 1.54) is 0 Å². The Morgan fingerprint density at radius 3 is 1.73 bits per heavy atom. The van der Waals surface area contributed by atoms with Crippen molar-refractivity contribution in [2.75, 3.05) is 14.2 Å². The summed E-state index contributed by atoms with van der Waals surface area (Å²) in [4.78, 5) is 20.8. The topological polar surface area (TPSA) is 52.6 Å². The molecule has 0 aliphatic heterocycles. The van der Waals surface area contributed by atoms with Gasteiger partial charge in [-0.25, -0.2) is 14.0 Å². The van der Waals surface area contributed by atoms with Gasteiger partial charge in [0.15, 0.2) is 0 Å². The Morgan fingerprint density at radius 1 is 1.27 bits per heavy atom. The minimum absolute atomic E-state index is 0.905. The Balaban J connectivity index is 4.44. The van der Waals surface area contributed by atoms with Crippen LogP contribution >= 0.6 is 11.6 Å². The summed E-state index contributed by atoms with van der Waals surface area (Å²) in [7, 11) is 1.81. The lowest BCUT2D eigenvalue weighted by Gasteiger charge is -2.10. The van der Waals surface area contributed by atoms with E-state index in [0.29, 0.717) is 0 Å². The summed E-state index contributed by atoms with van der Waals surface area (Å²) in [5, 5.41) is -3.23. The predicted molar refractivity (Wildman–Crippen MR) is 33.7 cm³/mol. The van der Waals surface area contributed by atoms with Crippen LogP contribution in [0.2, 0.25) is 0 Å². The molecule has 0 spiro atoms. The molecule has 0 atom stereocenters. The normalized spacial score (nSPS) is 10.5. The van der Waals surface area contributed by atoms with E-state index in [9.17, 15) is 14.0 Å². The van der Waals surface area contributed by atoms with Gasteiger partial charge in [0.1, 0.15) is 0 Å². The number of methoxy groups -OCH3 is 2. The molecule has 0 unspecified atom stereocenters. The van der Waals surface area contributed by atoms with E-state index in [0.717, 1.165) is 14.2 Å². The molecule has 0 radical (unpaired) electrons. The third-order valence-corrected chi connectivity index (χ3v) is 1.19. The van der Waals surface area contributed by atoms with Crippen LogP contribution in [0, 0.1) is 0 Å². The third-order valence-electron chi connectivity index (χ3n) is 0.884. The van der Waals surface area contributed by atoms with Gasteiger partial charge in [-0.05, 0) is 0 Å². The summed E-state index contributed by atoms with van der Waals surface area (Å²) in [6.45, 7) is 0. The second-order valence-electron chi connectivity index (χ2n) is 1.56. The van der Waals surface area contributed by atoms with E-state index in [4.69, 9.17) is 11.6 Å². The second kappa shape index (κ2) is 3.52. The molecule has 64 valence electrons. The van der Waals surface area contributed by atoms with E-state index < -0.39 is 17.1 Å². The van der Waals surface area contributed by atoms with Crippen molar-refractivity contribution in [1.29, 1.82) is 0 Å². The molecule has 0 aliphatic rings. The van der Waals surface area contributed by atoms with Gasteiger partial charge < -0.3 is 9.47 Å². The Bertz CT molecular complexity index is 161. The van der Waals surface area contributed by atoms with Crippen LogP contribution in [0.5, 0.6) is 0 Å². The molecule has 0 saturated carbocycles. The summed E-state index contributed by atoms with van der Waals surface area (Å²) in [5.41, 5.74) is 0. The zero-order valence-corrected chi connectivity index (χ0v) is 6.64. The van der Waals surface area contributed by atoms with Gasteiger partial charge in [0.2, 0.25) is 0 Å². The number of alkyl halides is 2. The molecule has 4 nitrogen and oxygen atoms in total. The molecule has 6 heteroatoms. The number of hydrogen-bond donors (Lipinski definition) is 0. The van der Waals surface area contributed by atoms with E-state index >= 15 is 0 Å². The average molecular weight is 185 g/mol. The summed E-state index contributed by atoms with van der Waals surface area (Å²) in [6, 6.07) is 0. The summed E-state index contributed by atoms with van der Waals surface area (Å²) in [5.74, 6) is -2.99. The summed E-state index contributed by atoms with van der Waals surface area (Å²) >= 11 is 4.82. The fourth-order valence-electron chi connectivity index (χ4n) is 0.340. The minimum atomic E-state index is -3.23. The Morgan fingerprint density at radius 2 is 1.55 bits per heavy atom. The van der Waals surface area contributed by atoms with Gasteiger partial charge in [-0.1, -0.05) is 11.6 Å². The lowest BCUT2D eigenvalue weighted by Crippen LogP contribution is -2.38. The van der Waals surface area contributed by atoms with Crippen molar-refractivity contribution in [2.45, 2.75) is 5.13 Å². The fourth-order valence-corrected chi connectivity index (χ4v) is 0.494.